The van der Waals surface area contributed by atoms with Gasteiger partial charge in [0.1, 0.15) is 0 Å². The van der Waals surface area contributed by atoms with Crippen molar-refractivity contribution in [3.8, 4) is 0 Å². The van der Waals surface area contributed by atoms with Gasteiger partial charge in [-0.15, -0.1) is 11.3 Å². The molecule has 0 atom stereocenters. The molecule has 0 saturated carbocycles. The summed E-state index contributed by atoms with van der Waals surface area (Å²) in [5.41, 5.74) is 0.00447. The monoisotopic (exact) mass is 409 g/mol. The number of carbonyl (C=O) groups is 2. The highest BCUT2D eigenvalue weighted by molar-refractivity contribution is 7.14. The third kappa shape index (κ3) is 5.19. The molecule has 1 aromatic carbocycles. The van der Waals surface area contributed by atoms with Crippen molar-refractivity contribution in [1.29, 1.82) is 0 Å². The number of benzene rings is 1. The summed E-state index contributed by atoms with van der Waals surface area (Å²) in [6.07, 6.45) is -3.12. The normalized spacial score (nSPS) is 11.2. The molecule has 146 valence electrons. The van der Waals surface area contributed by atoms with Crippen molar-refractivity contribution in [1.82, 2.24) is 10.3 Å². The van der Waals surface area contributed by atoms with Crippen LogP contribution in [-0.2, 0) is 23.9 Å². The first kappa shape index (κ1) is 19.6. The van der Waals surface area contributed by atoms with E-state index in [1.165, 1.54) is 24.5 Å². The zero-order chi connectivity index (χ0) is 20.1. The molecule has 0 saturated heterocycles. The van der Waals surface area contributed by atoms with Gasteiger partial charge >= 0.3 is 6.18 Å². The van der Waals surface area contributed by atoms with Gasteiger partial charge < -0.3 is 9.73 Å². The zero-order valence-corrected chi connectivity index (χ0v) is 15.1. The van der Waals surface area contributed by atoms with E-state index in [2.05, 4.69) is 15.6 Å². The number of hydrogen-bond donors (Lipinski definition) is 2. The molecular weight excluding hydrogens is 395 g/mol. The van der Waals surface area contributed by atoms with Crippen LogP contribution < -0.4 is 10.6 Å². The van der Waals surface area contributed by atoms with Gasteiger partial charge in [-0.3, -0.25) is 14.9 Å². The molecule has 3 aromatic rings. The summed E-state index contributed by atoms with van der Waals surface area (Å²) in [7, 11) is 0. The van der Waals surface area contributed by atoms with Gasteiger partial charge in [0, 0.05) is 11.9 Å². The molecule has 10 heteroatoms. The molecular formula is C18H14F3N3O3S. The molecule has 0 aliphatic carbocycles. The quantitative estimate of drug-likeness (QED) is 0.648. The summed E-state index contributed by atoms with van der Waals surface area (Å²) in [5.74, 6) is -0.720. The fourth-order valence-corrected chi connectivity index (χ4v) is 3.00. The lowest BCUT2D eigenvalue weighted by Crippen LogP contribution is -2.24. The van der Waals surface area contributed by atoms with Crippen LogP contribution in [0.25, 0.3) is 0 Å². The molecule has 0 radical (unpaired) electrons. The van der Waals surface area contributed by atoms with Crippen molar-refractivity contribution in [2.24, 2.45) is 0 Å². The molecule has 6 nitrogen and oxygen atoms in total. The number of nitrogens with one attached hydrogen (secondary N) is 2. The predicted octanol–water partition coefficient (Wildman–Crippen LogP) is 3.87. The van der Waals surface area contributed by atoms with E-state index in [4.69, 9.17) is 4.42 Å². The number of halogens is 3. The molecule has 0 fully saturated rings. The second-order valence-electron chi connectivity index (χ2n) is 5.73. The van der Waals surface area contributed by atoms with Gasteiger partial charge in [-0.1, -0.05) is 12.1 Å². The SMILES string of the molecule is O=C(Cc1csc(NC(=O)c2ccco2)n1)NCc1cccc(C(F)(F)F)c1. The lowest BCUT2D eigenvalue weighted by atomic mass is 10.1. The number of amides is 2. The highest BCUT2D eigenvalue weighted by Crippen LogP contribution is 2.29. The molecule has 2 heterocycles. The third-order valence-corrected chi connectivity index (χ3v) is 4.41. The Morgan fingerprint density at radius 3 is 2.71 bits per heavy atom. The molecule has 0 aliphatic rings. The maximum Gasteiger partial charge on any atom is 0.416 e. The number of furan rings is 1. The predicted molar refractivity (Wildman–Crippen MR) is 95.8 cm³/mol. The number of nitrogens with zero attached hydrogens (tertiary/aromatic N) is 1. The minimum absolute atomic E-state index is 0.0328. The second-order valence-corrected chi connectivity index (χ2v) is 6.59. The van der Waals surface area contributed by atoms with Gasteiger partial charge in [0.25, 0.3) is 5.91 Å². The first-order chi connectivity index (χ1) is 13.3. The van der Waals surface area contributed by atoms with Crippen LogP contribution in [0.2, 0.25) is 0 Å². The van der Waals surface area contributed by atoms with Crippen molar-refractivity contribution < 1.29 is 27.2 Å². The number of hydrogen-bond acceptors (Lipinski definition) is 5. The fourth-order valence-electron chi connectivity index (χ4n) is 2.30. The van der Waals surface area contributed by atoms with E-state index in [-0.39, 0.29) is 18.7 Å². The van der Waals surface area contributed by atoms with E-state index in [9.17, 15) is 22.8 Å². The van der Waals surface area contributed by atoms with Crippen molar-refractivity contribution in [2.75, 3.05) is 5.32 Å². The highest BCUT2D eigenvalue weighted by Gasteiger charge is 2.30. The van der Waals surface area contributed by atoms with Crippen LogP contribution in [0.4, 0.5) is 18.3 Å². The van der Waals surface area contributed by atoms with Gasteiger partial charge in [0.15, 0.2) is 10.9 Å². The van der Waals surface area contributed by atoms with Crippen molar-refractivity contribution >= 4 is 28.3 Å². The largest absolute Gasteiger partial charge is 0.459 e. The minimum Gasteiger partial charge on any atom is -0.459 e. The molecule has 0 aliphatic heterocycles. The van der Waals surface area contributed by atoms with Crippen LogP contribution in [0.5, 0.6) is 0 Å². The Labute approximate surface area is 161 Å². The number of anilines is 1. The number of alkyl halides is 3. The van der Waals surface area contributed by atoms with Crippen LogP contribution in [0.1, 0.15) is 27.4 Å². The molecule has 0 bridgehead atoms. The van der Waals surface area contributed by atoms with Gasteiger partial charge in [0.05, 0.1) is 23.9 Å². The highest BCUT2D eigenvalue weighted by atomic mass is 32.1. The van der Waals surface area contributed by atoms with Gasteiger partial charge in [-0.25, -0.2) is 4.98 Å². The second kappa shape index (κ2) is 8.26. The van der Waals surface area contributed by atoms with Crippen LogP contribution in [0, 0.1) is 0 Å². The van der Waals surface area contributed by atoms with E-state index in [0.717, 1.165) is 23.5 Å². The topological polar surface area (TPSA) is 84.2 Å². The lowest BCUT2D eigenvalue weighted by Gasteiger charge is -2.09. The summed E-state index contributed by atoms with van der Waals surface area (Å²) in [4.78, 5) is 28.0. The van der Waals surface area contributed by atoms with Gasteiger partial charge in [-0.2, -0.15) is 13.2 Å². The lowest BCUT2D eigenvalue weighted by molar-refractivity contribution is -0.137. The Kier molecular flexibility index (Phi) is 5.78. The molecule has 2 aromatic heterocycles. The van der Waals surface area contributed by atoms with Crippen molar-refractivity contribution in [3.05, 3.63) is 70.6 Å². The Morgan fingerprint density at radius 1 is 1.18 bits per heavy atom. The molecule has 0 spiro atoms. The van der Waals surface area contributed by atoms with E-state index in [1.54, 1.807) is 11.4 Å². The summed E-state index contributed by atoms with van der Waals surface area (Å²) in [5, 5.41) is 7.03. The Balaban J connectivity index is 1.52. The van der Waals surface area contributed by atoms with Gasteiger partial charge in [0.2, 0.25) is 5.91 Å². The molecule has 3 rings (SSSR count). The Bertz CT molecular complexity index is 968. The van der Waals surface area contributed by atoms with Crippen LogP contribution >= 0.6 is 11.3 Å². The fraction of sp³-hybridized carbons (Fsp3) is 0.167. The maximum absolute atomic E-state index is 12.7. The van der Waals surface area contributed by atoms with Crippen LogP contribution in [-0.4, -0.2) is 16.8 Å². The Hall–Kier alpha value is -3.14. The average Bonchev–Trinajstić information content (AvgIpc) is 3.32. The first-order valence-corrected chi connectivity index (χ1v) is 8.91. The summed E-state index contributed by atoms with van der Waals surface area (Å²) in [6.45, 7) is -0.0328. The zero-order valence-electron chi connectivity index (χ0n) is 14.2. The van der Waals surface area contributed by atoms with Crippen LogP contribution in [0.3, 0.4) is 0 Å². The Morgan fingerprint density at radius 2 is 2.00 bits per heavy atom. The van der Waals surface area contributed by atoms with Crippen molar-refractivity contribution in [3.63, 3.8) is 0 Å². The number of thiazole rings is 1. The summed E-state index contributed by atoms with van der Waals surface area (Å²) in [6, 6.07) is 7.84. The first-order valence-electron chi connectivity index (χ1n) is 8.03. The van der Waals surface area contributed by atoms with E-state index in [0.29, 0.717) is 16.4 Å². The van der Waals surface area contributed by atoms with Crippen LogP contribution in [0.15, 0.2) is 52.5 Å². The molecule has 2 amide bonds. The molecule has 0 unspecified atom stereocenters. The van der Waals surface area contributed by atoms with E-state index >= 15 is 0 Å². The minimum atomic E-state index is -4.43. The smallest absolute Gasteiger partial charge is 0.416 e. The molecule has 28 heavy (non-hydrogen) atoms. The number of carbonyl (C=O) groups excluding carboxylic acids is 2. The average molecular weight is 409 g/mol. The summed E-state index contributed by atoms with van der Waals surface area (Å²) < 4.78 is 43.1. The summed E-state index contributed by atoms with van der Waals surface area (Å²) >= 11 is 1.15. The standard InChI is InChI=1S/C18H14F3N3O3S/c19-18(20,21)12-4-1-3-11(7-12)9-22-15(25)8-13-10-28-17(23-13)24-16(26)14-5-2-6-27-14/h1-7,10H,8-9H2,(H,22,25)(H,23,24,26). The van der Waals surface area contributed by atoms with E-state index in [1.807, 2.05) is 0 Å². The number of rotatable bonds is 6. The number of aromatic nitrogens is 1. The van der Waals surface area contributed by atoms with Crippen molar-refractivity contribution in [2.45, 2.75) is 19.1 Å². The third-order valence-electron chi connectivity index (χ3n) is 3.60. The molecule has 2 N–H and O–H groups in total. The van der Waals surface area contributed by atoms with Gasteiger partial charge in [-0.05, 0) is 29.8 Å². The maximum atomic E-state index is 12.7. The van der Waals surface area contributed by atoms with E-state index < -0.39 is 23.6 Å².